The quantitative estimate of drug-likeness (QED) is 0.759. The van der Waals surface area contributed by atoms with Gasteiger partial charge in [-0.3, -0.25) is 4.79 Å². The van der Waals surface area contributed by atoms with Crippen molar-refractivity contribution in [2.45, 2.75) is 51.0 Å². The van der Waals surface area contributed by atoms with Crippen LogP contribution in [0.1, 0.15) is 50.5 Å². The predicted octanol–water partition coefficient (Wildman–Crippen LogP) is 0.930. The lowest BCUT2D eigenvalue weighted by Crippen LogP contribution is -2.23. The van der Waals surface area contributed by atoms with Crippen molar-refractivity contribution < 1.29 is 24.5 Å². The number of carbonyl (C=O) groups is 1. The molecule has 2 heterocycles. The summed E-state index contributed by atoms with van der Waals surface area (Å²) < 4.78 is 12.0. The highest BCUT2D eigenvalue weighted by molar-refractivity contribution is 5.70. The Hall–Kier alpha value is -1.44. The fourth-order valence-corrected chi connectivity index (χ4v) is 2.32. The van der Waals surface area contributed by atoms with Crippen LogP contribution >= 0.6 is 0 Å². The Kier molecular flexibility index (Phi) is 5.72. The van der Waals surface area contributed by atoms with E-state index >= 15 is 0 Å². The fraction of sp³-hybridized carbons (Fsp3) is 0.714. The average Bonchev–Trinajstić information content (AvgIpc) is 2.97. The number of nitrogens with zero attached hydrogens (tertiary/aromatic N) is 2. The molecule has 2 unspecified atom stereocenters. The van der Waals surface area contributed by atoms with E-state index in [4.69, 9.17) is 9.47 Å². The molecule has 0 amide bonds. The largest absolute Gasteiger partial charge is 0.466 e. The summed E-state index contributed by atoms with van der Waals surface area (Å²) in [5, 5.41) is 24.1. The number of carbonyl (C=O) groups excluding carboxylic acids is 1. The highest BCUT2D eigenvalue weighted by Gasteiger charge is 2.25. The Labute approximate surface area is 123 Å². The van der Waals surface area contributed by atoms with Crippen LogP contribution in [-0.4, -0.2) is 45.3 Å². The minimum Gasteiger partial charge on any atom is -0.466 e. The number of aromatic nitrogens is 2. The molecule has 1 aromatic heterocycles. The van der Waals surface area contributed by atoms with Crippen molar-refractivity contribution in [2.75, 3.05) is 13.2 Å². The van der Waals surface area contributed by atoms with Gasteiger partial charge >= 0.3 is 5.97 Å². The highest BCUT2D eigenvalue weighted by Crippen LogP contribution is 2.24. The van der Waals surface area contributed by atoms with E-state index in [0.717, 1.165) is 19.3 Å². The van der Waals surface area contributed by atoms with Crippen molar-refractivity contribution in [3.05, 3.63) is 18.0 Å². The first-order chi connectivity index (χ1) is 10.1. The zero-order valence-corrected chi connectivity index (χ0v) is 12.1. The molecular formula is C14H22N2O5. The predicted molar refractivity (Wildman–Crippen MR) is 73.3 cm³/mol. The van der Waals surface area contributed by atoms with Gasteiger partial charge in [-0.2, -0.15) is 5.10 Å². The van der Waals surface area contributed by atoms with E-state index < -0.39 is 18.2 Å². The molecule has 1 aromatic rings. The highest BCUT2D eigenvalue weighted by atomic mass is 16.5. The Morgan fingerprint density at radius 3 is 3.05 bits per heavy atom. The molecule has 1 fully saturated rings. The van der Waals surface area contributed by atoms with Crippen LogP contribution in [-0.2, 0) is 14.3 Å². The molecule has 3 atom stereocenters. The molecule has 1 aliphatic heterocycles. The summed E-state index contributed by atoms with van der Waals surface area (Å²) in [4.78, 5) is 11.3. The van der Waals surface area contributed by atoms with Crippen LogP contribution in [0.5, 0.6) is 0 Å². The van der Waals surface area contributed by atoms with Crippen LogP contribution in [0.3, 0.4) is 0 Å². The topological polar surface area (TPSA) is 93.8 Å². The maximum absolute atomic E-state index is 11.3. The lowest BCUT2D eigenvalue weighted by atomic mass is 10.1. The molecule has 0 aromatic carbocycles. The second-order valence-corrected chi connectivity index (χ2v) is 5.10. The second-order valence-electron chi connectivity index (χ2n) is 5.10. The summed E-state index contributed by atoms with van der Waals surface area (Å²) in [7, 11) is 0. The molecular weight excluding hydrogens is 276 g/mol. The van der Waals surface area contributed by atoms with Crippen LogP contribution in [0, 0.1) is 0 Å². The Morgan fingerprint density at radius 2 is 2.38 bits per heavy atom. The van der Waals surface area contributed by atoms with Crippen molar-refractivity contribution >= 4 is 5.97 Å². The summed E-state index contributed by atoms with van der Waals surface area (Å²) in [6, 6.07) is 0. The average molecular weight is 298 g/mol. The molecule has 7 nitrogen and oxygen atoms in total. The van der Waals surface area contributed by atoms with Crippen LogP contribution in [0.2, 0.25) is 0 Å². The molecule has 21 heavy (non-hydrogen) atoms. The number of ether oxygens (including phenoxy) is 2. The van der Waals surface area contributed by atoms with Gasteiger partial charge in [0.25, 0.3) is 0 Å². The van der Waals surface area contributed by atoms with Gasteiger partial charge in [-0.05, 0) is 26.2 Å². The Morgan fingerprint density at radius 1 is 1.57 bits per heavy atom. The molecule has 0 saturated carbocycles. The lowest BCUT2D eigenvalue weighted by Gasteiger charge is -2.22. The number of aliphatic hydroxyl groups is 2. The molecule has 118 valence electrons. The molecule has 1 saturated heterocycles. The summed E-state index contributed by atoms with van der Waals surface area (Å²) in [6.45, 7) is 2.64. The number of aliphatic hydroxyl groups excluding tert-OH is 2. The van der Waals surface area contributed by atoms with Crippen LogP contribution in [0.15, 0.2) is 12.4 Å². The Bertz CT molecular complexity index is 456. The smallest absolute Gasteiger partial charge is 0.308 e. The first kappa shape index (κ1) is 15.9. The summed E-state index contributed by atoms with van der Waals surface area (Å²) in [5.74, 6) is -0.535. The minimum atomic E-state index is -1.21. The van der Waals surface area contributed by atoms with Gasteiger partial charge in [-0.1, -0.05) is 0 Å². The maximum Gasteiger partial charge on any atom is 0.308 e. The molecule has 1 aliphatic rings. The normalized spacial score (nSPS) is 21.8. The molecule has 0 spiro atoms. The third-order valence-corrected chi connectivity index (χ3v) is 3.46. The third-order valence-electron chi connectivity index (χ3n) is 3.46. The molecule has 2 N–H and O–H groups in total. The number of esters is 1. The van der Waals surface area contributed by atoms with Crippen LogP contribution < -0.4 is 0 Å². The van der Waals surface area contributed by atoms with Gasteiger partial charge in [0.15, 0.2) is 0 Å². The molecule has 0 bridgehead atoms. The van der Waals surface area contributed by atoms with Crippen LogP contribution in [0.25, 0.3) is 0 Å². The number of hydrogen-bond acceptors (Lipinski definition) is 6. The zero-order valence-electron chi connectivity index (χ0n) is 12.1. The standard InChI is InChI=1S/C14H22N2O5/c1-2-20-13(18)7-11(17)14(19)10-8-15-16(9-10)12-5-3-4-6-21-12/h8-9,11-12,14,17,19H,2-7H2,1H3/t11?,12-,14?/m0/s1. The molecule has 0 aliphatic carbocycles. The monoisotopic (exact) mass is 298 g/mol. The molecule has 7 heteroatoms. The Balaban J connectivity index is 1.94. The summed E-state index contributed by atoms with van der Waals surface area (Å²) in [6.07, 6.45) is 3.37. The zero-order chi connectivity index (χ0) is 15.2. The van der Waals surface area contributed by atoms with E-state index in [1.807, 2.05) is 0 Å². The van der Waals surface area contributed by atoms with E-state index in [9.17, 15) is 15.0 Å². The first-order valence-electron chi connectivity index (χ1n) is 7.29. The van der Waals surface area contributed by atoms with Gasteiger partial charge in [-0.25, -0.2) is 4.68 Å². The summed E-state index contributed by atoms with van der Waals surface area (Å²) >= 11 is 0. The van der Waals surface area contributed by atoms with E-state index in [1.54, 1.807) is 17.8 Å². The van der Waals surface area contributed by atoms with Gasteiger partial charge in [-0.15, -0.1) is 0 Å². The van der Waals surface area contributed by atoms with Crippen molar-refractivity contribution in [1.82, 2.24) is 9.78 Å². The van der Waals surface area contributed by atoms with Crippen molar-refractivity contribution in [2.24, 2.45) is 0 Å². The lowest BCUT2D eigenvalue weighted by molar-refractivity contribution is -0.147. The first-order valence-corrected chi connectivity index (χ1v) is 7.29. The van der Waals surface area contributed by atoms with E-state index in [1.165, 1.54) is 6.20 Å². The molecule has 0 radical (unpaired) electrons. The van der Waals surface area contributed by atoms with Crippen molar-refractivity contribution in [3.63, 3.8) is 0 Å². The van der Waals surface area contributed by atoms with Crippen LogP contribution in [0.4, 0.5) is 0 Å². The molecule has 2 rings (SSSR count). The van der Waals surface area contributed by atoms with E-state index in [2.05, 4.69) is 5.10 Å². The third kappa shape index (κ3) is 4.26. The number of rotatable bonds is 6. The maximum atomic E-state index is 11.3. The van der Waals surface area contributed by atoms with Crippen molar-refractivity contribution in [1.29, 1.82) is 0 Å². The second kappa shape index (κ2) is 7.53. The SMILES string of the molecule is CCOC(=O)CC(O)C(O)c1cnn([C@@H]2CCCCO2)c1. The fourth-order valence-electron chi connectivity index (χ4n) is 2.32. The van der Waals surface area contributed by atoms with Gasteiger partial charge in [0.2, 0.25) is 0 Å². The van der Waals surface area contributed by atoms with Gasteiger partial charge < -0.3 is 19.7 Å². The van der Waals surface area contributed by atoms with E-state index in [-0.39, 0.29) is 19.3 Å². The van der Waals surface area contributed by atoms with E-state index in [0.29, 0.717) is 12.2 Å². The summed E-state index contributed by atoms with van der Waals surface area (Å²) in [5.41, 5.74) is 0.459. The van der Waals surface area contributed by atoms with Crippen molar-refractivity contribution in [3.8, 4) is 0 Å². The van der Waals surface area contributed by atoms with Gasteiger partial charge in [0, 0.05) is 18.4 Å². The van der Waals surface area contributed by atoms with Gasteiger partial charge in [0.05, 0.1) is 25.3 Å². The minimum absolute atomic E-state index is 0.123. The number of hydrogen-bond donors (Lipinski definition) is 2. The van der Waals surface area contributed by atoms with Gasteiger partial charge in [0.1, 0.15) is 12.3 Å².